The Morgan fingerprint density at radius 1 is 0.933 bits per heavy atom. The lowest BCUT2D eigenvalue weighted by Gasteiger charge is -2.23. The van der Waals surface area contributed by atoms with E-state index >= 15 is 0 Å². The Balaban J connectivity index is 4.69. The summed E-state index contributed by atoms with van der Waals surface area (Å²) in [6, 6.07) is -1.44. The van der Waals surface area contributed by atoms with Crippen LogP contribution in [0.4, 0.5) is 0 Å². The lowest BCUT2D eigenvalue weighted by molar-refractivity contribution is -0.138. The first-order valence-electron chi connectivity index (χ1n) is 10.2. The summed E-state index contributed by atoms with van der Waals surface area (Å²) in [6.07, 6.45) is -0.0548. The number of amides is 3. The minimum atomic E-state index is -1.07. The minimum Gasteiger partial charge on any atom is -0.481 e. The number of carbonyl (C=O) groups excluding carboxylic acids is 4. The molecule has 10 heteroatoms. The smallest absolute Gasteiger partial charge is 0.305 e. The second kappa shape index (κ2) is 14.0. The van der Waals surface area contributed by atoms with E-state index in [1.165, 1.54) is 11.8 Å². The predicted octanol–water partition coefficient (Wildman–Crippen LogP) is 1.10. The molecule has 1 unspecified atom stereocenters. The first-order valence-corrected chi connectivity index (χ1v) is 11.1. The van der Waals surface area contributed by atoms with Crippen LogP contribution in [0, 0.1) is 5.92 Å². The summed E-state index contributed by atoms with van der Waals surface area (Å²) in [5.74, 6) is -2.67. The van der Waals surface area contributed by atoms with Crippen molar-refractivity contribution in [3.8, 4) is 0 Å². The number of hydrogen-bond acceptors (Lipinski definition) is 6. The quantitative estimate of drug-likeness (QED) is 0.314. The van der Waals surface area contributed by atoms with Crippen LogP contribution in [0.5, 0.6) is 0 Å². The van der Waals surface area contributed by atoms with Crippen molar-refractivity contribution in [3.63, 3.8) is 0 Å². The van der Waals surface area contributed by atoms with Crippen molar-refractivity contribution in [2.24, 2.45) is 5.92 Å². The number of carboxylic acids is 1. The van der Waals surface area contributed by atoms with E-state index in [9.17, 15) is 24.0 Å². The van der Waals surface area contributed by atoms with Gasteiger partial charge in [-0.2, -0.15) is 0 Å². The van der Waals surface area contributed by atoms with Gasteiger partial charge in [0.1, 0.15) is 6.04 Å². The van der Waals surface area contributed by atoms with Crippen molar-refractivity contribution in [2.45, 2.75) is 83.4 Å². The normalized spacial score (nSPS) is 14.0. The van der Waals surface area contributed by atoms with Crippen LogP contribution in [-0.2, 0) is 24.0 Å². The fourth-order valence-electron chi connectivity index (χ4n) is 2.57. The standard InChI is InChI=1S/C20H35N3O6S/c1-7-14(24)13(6)22-20(29)18(11(2)3)23-16(25)8-9-21-19(28)15(10-17(26)27)30-12(4)5/h11-13,15,18H,7-10H2,1-6H3,(H,21,28)(H,22,29)(H,23,25)(H,26,27)/t13-,15?,18-/m0/s1. The summed E-state index contributed by atoms with van der Waals surface area (Å²) in [5.41, 5.74) is 0. The number of thioether (sulfide) groups is 1. The second-order valence-corrected chi connectivity index (χ2v) is 9.44. The van der Waals surface area contributed by atoms with Gasteiger partial charge in [-0.1, -0.05) is 34.6 Å². The molecule has 3 atom stereocenters. The molecule has 0 spiro atoms. The largest absolute Gasteiger partial charge is 0.481 e. The number of rotatable bonds is 14. The molecule has 9 nitrogen and oxygen atoms in total. The predicted molar refractivity (Wildman–Crippen MR) is 116 cm³/mol. The Hall–Kier alpha value is -2.10. The van der Waals surface area contributed by atoms with E-state index in [0.717, 1.165) is 0 Å². The molecule has 0 aliphatic rings. The number of carboxylic acid groups (broad SMARTS) is 1. The highest BCUT2D eigenvalue weighted by molar-refractivity contribution is 8.01. The van der Waals surface area contributed by atoms with Gasteiger partial charge in [0.2, 0.25) is 17.7 Å². The Morgan fingerprint density at radius 3 is 2.00 bits per heavy atom. The van der Waals surface area contributed by atoms with Gasteiger partial charge < -0.3 is 21.1 Å². The van der Waals surface area contributed by atoms with E-state index in [1.807, 2.05) is 13.8 Å². The van der Waals surface area contributed by atoms with Gasteiger partial charge in [-0.25, -0.2) is 0 Å². The maximum Gasteiger partial charge on any atom is 0.305 e. The molecule has 30 heavy (non-hydrogen) atoms. The summed E-state index contributed by atoms with van der Waals surface area (Å²) in [4.78, 5) is 59.5. The van der Waals surface area contributed by atoms with E-state index < -0.39 is 41.0 Å². The van der Waals surface area contributed by atoms with E-state index in [-0.39, 0.29) is 36.3 Å². The van der Waals surface area contributed by atoms with E-state index in [2.05, 4.69) is 16.0 Å². The van der Waals surface area contributed by atoms with E-state index in [0.29, 0.717) is 6.42 Å². The fraction of sp³-hybridized carbons (Fsp3) is 0.750. The van der Waals surface area contributed by atoms with Crippen molar-refractivity contribution in [1.29, 1.82) is 0 Å². The molecule has 0 aromatic carbocycles. The Labute approximate surface area is 182 Å². The lowest BCUT2D eigenvalue weighted by atomic mass is 10.0. The SMILES string of the molecule is CCC(=O)[C@H](C)NC(=O)[C@@H](NC(=O)CCNC(=O)C(CC(=O)O)SC(C)C)C(C)C. The Morgan fingerprint density at radius 2 is 1.53 bits per heavy atom. The molecule has 0 heterocycles. The first kappa shape index (κ1) is 27.9. The molecule has 4 N–H and O–H groups in total. The molecule has 0 saturated carbocycles. The zero-order chi connectivity index (χ0) is 23.4. The van der Waals surface area contributed by atoms with E-state index in [1.54, 1.807) is 27.7 Å². The summed E-state index contributed by atoms with van der Waals surface area (Å²) in [5, 5.41) is 16.1. The summed E-state index contributed by atoms with van der Waals surface area (Å²) in [6.45, 7) is 10.6. The molecular formula is C20H35N3O6S. The van der Waals surface area contributed by atoms with Gasteiger partial charge in [0, 0.05) is 19.4 Å². The number of Topliss-reactive ketones (excluding diaryl/α,β-unsaturated/α-hetero) is 1. The number of hydrogen-bond donors (Lipinski definition) is 4. The highest BCUT2D eigenvalue weighted by atomic mass is 32.2. The molecular weight excluding hydrogens is 410 g/mol. The van der Waals surface area contributed by atoms with Crippen molar-refractivity contribution in [2.75, 3.05) is 6.54 Å². The van der Waals surface area contributed by atoms with Gasteiger partial charge in [-0.05, 0) is 18.1 Å². The molecule has 0 rings (SSSR count). The minimum absolute atomic E-state index is 0.0244. The van der Waals surface area contributed by atoms with Crippen LogP contribution in [0.1, 0.15) is 60.8 Å². The lowest BCUT2D eigenvalue weighted by Crippen LogP contribution is -2.53. The second-order valence-electron chi connectivity index (χ2n) is 7.65. The third kappa shape index (κ3) is 11.2. The average Bonchev–Trinajstić information content (AvgIpc) is 2.63. The van der Waals surface area contributed by atoms with Gasteiger partial charge in [-0.3, -0.25) is 24.0 Å². The van der Waals surface area contributed by atoms with Gasteiger partial charge in [-0.15, -0.1) is 11.8 Å². The first-order chi connectivity index (χ1) is 13.9. The third-order valence-electron chi connectivity index (χ3n) is 4.20. The van der Waals surface area contributed by atoms with Gasteiger partial charge in [0.15, 0.2) is 5.78 Å². The van der Waals surface area contributed by atoms with Crippen LogP contribution in [0.15, 0.2) is 0 Å². The zero-order valence-corrected chi connectivity index (χ0v) is 19.4. The molecule has 0 aliphatic carbocycles. The van der Waals surface area contributed by atoms with Crippen molar-refractivity contribution >= 4 is 41.2 Å². The monoisotopic (exact) mass is 445 g/mol. The molecule has 3 amide bonds. The van der Waals surface area contributed by atoms with Crippen LogP contribution in [0.3, 0.4) is 0 Å². The van der Waals surface area contributed by atoms with Crippen LogP contribution in [-0.4, -0.2) is 63.7 Å². The van der Waals surface area contributed by atoms with Crippen molar-refractivity contribution in [3.05, 3.63) is 0 Å². The Kier molecular flexibility index (Phi) is 13.0. The van der Waals surface area contributed by atoms with Crippen molar-refractivity contribution in [1.82, 2.24) is 16.0 Å². The highest BCUT2D eigenvalue weighted by Gasteiger charge is 2.27. The van der Waals surface area contributed by atoms with Gasteiger partial charge in [0.25, 0.3) is 0 Å². The molecule has 0 radical (unpaired) electrons. The summed E-state index contributed by atoms with van der Waals surface area (Å²) < 4.78 is 0. The summed E-state index contributed by atoms with van der Waals surface area (Å²) in [7, 11) is 0. The number of ketones is 1. The summed E-state index contributed by atoms with van der Waals surface area (Å²) >= 11 is 1.25. The fourth-order valence-corrected chi connectivity index (χ4v) is 3.68. The molecule has 0 aliphatic heterocycles. The topological polar surface area (TPSA) is 142 Å². The van der Waals surface area contributed by atoms with Crippen LogP contribution < -0.4 is 16.0 Å². The highest BCUT2D eigenvalue weighted by Crippen LogP contribution is 2.20. The maximum absolute atomic E-state index is 12.4. The number of nitrogens with one attached hydrogen (secondary N) is 3. The van der Waals surface area contributed by atoms with Gasteiger partial charge >= 0.3 is 5.97 Å². The molecule has 0 fully saturated rings. The molecule has 172 valence electrons. The number of aliphatic carboxylic acids is 1. The average molecular weight is 446 g/mol. The number of carbonyl (C=O) groups is 5. The van der Waals surface area contributed by atoms with E-state index in [4.69, 9.17) is 5.11 Å². The van der Waals surface area contributed by atoms with Crippen LogP contribution in [0.25, 0.3) is 0 Å². The molecule has 0 aromatic rings. The molecule has 0 aromatic heterocycles. The van der Waals surface area contributed by atoms with Gasteiger partial charge in [0.05, 0.1) is 17.7 Å². The van der Waals surface area contributed by atoms with Crippen LogP contribution >= 0.6 is 11.8 Å². The zero-order valence-electron chi connectivity index (χ0n) is 18.6. The molecule has 0 bridgehead atoms. The maximum atomic E-state index is 12.4. The Bertz CT molecular complexity index is 624. The molecule has 0 saturated heterocycles. The third-order valence-corrected chi connectivity index (χ3v) is 5.45. The van der Waals surface area contributed by atoms with Crippen molar-refractivity contribution < 1.29 is 29.1 Å². The van der Waals surface area contributed by atoms with Crippen LogP contribution in [0.2, 0.25) is 0 Å².